The van der Waals surface area contributed by atoms with E-state index in [0.29, 0.717) is 23.6 Å². The molecular weight excluding hydrogens is 369 g/mol. The van der Waals surface area contributed by atoms with E-state index >= 15 is 0 Å². The maximum Gasteiger partial charge on any atom is 0.194 e. The summed E-state index contributed by atoms with van der Waals surface area (Å²) in [5, 5.41) is 7.76. The van der Waals surface area contributed by atoms with Crippen LogP contribution < -0.4 is 5.32 Å². The van der Waals surface area contributed by atoms with Gasteiger partial charge >= 0.3 is 0 Å². The molecule has 0 radical (unpaired) electrons. The molecule has 0 aliphatic carbocycles. The van der Waals surface area contributed by atoms with Gasteiger partial charge in [0, 0.05) is 62.5 Å². The van der Waals surface area contributed by atoms with Gasteiger partial charge in [-0.15, -0.1) is 0 Å². The second-order valence-corrected chi connectivity index (χ2v) is 6.85. The Morgan fingerprint density at radius 1 is 1.30 bits per heavy atom. The second kappa shape index (κ2) is 9.71. The van der Waals surface area contributed by atoms with Crippen LogP contribution >= 0.6 is 11.6 Å². The molecule has 1 aliphatic rings. The van der Waals surface area contributed by atoms with Crippen molar-refractivity contribution in [1.82, 2.24) is 20.3 Å². The van der Waals surface area contributed by atoms with Gasteiger partial charge in [0.1, 0.15) is 12.1 Å². The monoisotopic (exact) mass is 393 g/mol. The normalized spacial score (nSPS) is 16.0. The predicted molar refractivity (Wildman–Crippen MR) is 104 cm³/mol. The van der Waals surface area contributed by atoms with Crippen LogP contribution in [0.2, 0.25) is 5.02 Å². The first-order chi connectivity index (χ1) is 13.2. The molecule has 1 aromatic heterocycles. The quantitative estimate of drug-likeness (QED) is 0.604. The molecule has 1 aliphatic heterocycles. The number of halogens is 2. The maximum absolute atomic E-state index is 13.9. The Bertz CT molecular complexity index is 724. The molecular formula is C19H25ClFN5O. The van der Waals surface area contributed by atoms with Crippen molar-refractivity contribution in [2.45, 2.75) is 19.9 Å². The first kappa shape index (κ1) is 19.6. The van der Waals surface area contributed by atoms with Crippen LogP contribution in [0.1, 0.15) is 18.2 Å². The molecule has 1 aromatic carbocycles. The Labute approximate surface area is 164 Å². The molecule has 0 atom stereocenters. The lowest BCUT2D eigenvalue weighted by atomic mass is 10.1. The molecule has 8 heteroatoms. The Balaban J connectivity index is 1.54. The van der Waals surface area contributed by atoms with Crippen LogP contribution in [0, 0.1) is 5.82 Å². The third kappa shape index (κ3) is 5.43. The van der Waals surface area contributed by atoms with Crippen molar-refractivity contribution in [3.05, 3.63) is 52.6 Å². The highest BCUT2D eigenvalue weighted by Gasteiger charge is 2.20. The van der Waals surface area contributed by atoms with Crippen LogP contribution in [-0.2, 0) is 13.0 Å². The van der Waals surface area contributed by atoms with E-state index in [0.717, 1.165) is 50.9 Å². The molecule has 0 spiro atoms. The first-order valence-electron chi connectivity index (χ1n) is 9.25. The van der Waals surface area contributed by atoms with E-state index < -0.39 is 0 Å². The van der Waals surface area contributed by atoms with Crippen molar-refractivity contribution < 1.29 is 8.91 Å². The molecule has 1 saturated heterocycles. The fourth-order valence-electron chi connectivity index (χ4n) is 3.14. The standard InChI is InChI=1S/C19H25ClFN5O/c1-2-22-19(23-8-6-16-17(20)4-3-5-18(16)21)26-11-9-25(10-12-26)14-15-7-13-27-24-15/h3-5,7,13H,2,6,8-12,14H2,1H3,(H,22,23). The van der Waals surface area contributed by atoms with E-state index in [-0.39, 0.29) is 5.82 Å². The Hall–Kier alpha value is -2.12. The number of guanidine groups is 1. The lowest BCUT2D eigenvalue weighted by Gasteiger charge is -2.36. The molecule has 6 nitrogen and oxygen atoms in total. The van der Waals surface area contributed by atoms with Gasteiger partial charge in [0.05, 0.1) is 5.69 Å². The summed E-state index contributed by atoms with van der Waals surface area (Å²) in [7, 11) is 0. The summed E-state index contributed by atoms with van der Waals surface area (Å²) >= 11 is 6.10. The average molecular weight is 394 g/mol. The van der Waals surface area contributed by atoms with Gasteiger partial charge in [0.15, 0.2) is 5.96 Å². The van der Waals surface area contributed by atoms with Gasteiger partial charge in [-0.05, 0) is 25.5 Å². The lowest BCUT2D eigenvalue weighted by Crippen LogP contribution is -2.52. The van der Waals surface area contributed by atoms with Crippen molar-refractivity contribution in [1.29, 1.82) is 0 Å². The number of rotatable bonds is 6. The SMILES string of the molecule is CCNC(=NCCc1c(F)cccc1Cl)N1CCN(Cc2ccon2)CC1. The van der Waals surface area contributed by atoms with Crippen molar-refractivity contribution in [2.24, 2.45) is 4.99 Å². The Kier molecular flexibility index (Phi) is 7.06. The van der Waals surface area contributed by atoms with E-state index in [2.05, 4.69) is 25.3 Å². The summed E-state index contributed by atoms with van der Waals surface area (Å²) in [6, 6.07) is 6.66. The molecule has 0 amide bonds. The number of aliphatic imine (C=N–C) groups is 1. The Morgan fingerprint density at radius 3 is 2.78 bits per heavy atom. The summed E-state index contributed by atoms with van der Waals surface area (Å²) in [5.74, 6) is 0.593. The number of benzene rings is 1. The minimum absolute atomic E-state index is 0.274. The fraction of sp³-hybridized carbons (Fsp3) is 0.474. The van der Waals surface area contributed by atoms with Crippen LogP contribution in [0.5, 0.6) is 0 Å². The summed E-state index contributed by atoms with van der Waals surface area (Å²) in [4.78, 5) is 9.26. The van der Waals surface area contributed by atoms with Gasteiger partial charge in [0.2, 0.25) is 0 Å². The van der Waals surface area contributed by atoms with Gasteiger partial charge in [-0.3, -0.25) is 9.89 Å². The summed E-state index contributed by atoms with van der Waals surface area (Å²) in [6.07, 6.45) is 2.08. The summed E-state index contributed by atoms with van der Waals surface area (Å²) in [5.41, 5.74) is 1.47. The summed E-state index contributed by atoms with van der Waals surface area (Å²) < 4.78 is 18.8. The zero-order valence-electron chi connectivity index (χ0n) is 15.5. The average Bonchev–Trinajstić information content (AvgIpc) is 3.17. The minimum atomic E-state index is -0.274. The van der Waals surface area contributed by atoms with Crippen molar-refractivity contribution in [2.75, 3.05) is 39.3 Å². The topological polar surface area (TPSA) is 56.9 Å². The molecule has 3 rings (SSSR count). The lowest BCUT2D eigenvalue weighted by molar-refractivity contribution is 0.169. The van der Waals surface area contributed by atoms with Crippen LogP contribution in [0.3, 0.4) is 0 Å². The molecule has 0 saturated carbocycles. The highest BCUT2D eigenvalue weighted by molar-refractivity contribution is 6.31. The van der Waals surface area contributed by atoms with Gasteiger partial charge in [-0.25, -0.2) is 4.39 Å². The third-order valence-corrected chi connectivity index (χ3v) is 4.92. The van der Waals surface area contributed by atoms with Crippen molar-refractivity contribution in [3.8, 4) is 0 Å². The fourth-order valence-corrected chi connectivity index (χ4v) is 3.39. The van der Waals surface area contributed by atoms with E-state index in [4.69, 9.17) is 16.1 Å². The molecule has 1 N–H and O–H groups in total. The molecule has 146 valence electrons. The number of hydrogen-bond donors (Lipinski definition) is 1. The molecule has 2 aromatic rings. The van der Waals surface area contributed by atoms with Gasteiger partial charge < -0.3 is 14.7 Å². The van der Waals surface area contributed by atoms with E-state index in [1.165, 1.54) is 6.07 Å². The van der Waals surface area contributed by atoms with E-state index in [9.17, 15) is 4.39 Å². The van der Waals surface area contributed by atoms with Crippen molar-refractivity contribution in [3.63, 3.8) is 0 Å². The smallest absolute Gasteiger partial charge is 0.194 e. The largest absolute Gasteiger partial charge is 0.364 e. The highest BCUT2D eigenvalue weighted by atomic mass is 35.5. The highest BCUT2D eigenvalue weighted by Crippen LogP contribution is 2.19. The van der Waals surface area contributed by atoms with Crippen LogP contribution in [0.25, 0.3) is 0 Å². The number of nitrogens with one attached hydrogen (secondary N) is 1. The van der Waals surface area contributed by atoms with Gasteiger partial charge in [0.25, 0.3) is 0 Å². The maximum atomic E-state index is 13.9. The zero-order valence-corrected chi connectivity index (χ0v) is 16.3. The molecule has 1 fully saturated rings. The van der Waals surface area contributed by atoms with E-state index in [1.807, 2.05) is 13.0 Å². The third-order valence-electron chi connectivity index (χ3n) is 4.57. The number of nitrogens with zero attached hydrogens (tertiary/aromatic N) is 4. The van der Waals surface area contributed by atoms with Crippen LogP contribution in [0.15, 0.2) is 40.0 Å². The van der Waals surface area contributed by atoms with Crippen LogP contribution in [0.4, 0.5) is 4.39 Å². The van der Waals surface area contributed by atoms with Crippen LogP contribution in [-0.4, -0.2) is 60.2 Å². The molecule has 27 heavy (non-hydrogen) atoms. The number of aromatic nitrogens is 1. The summed E-state index contributed by atoms with van der Waals surface area (Å²) in [6.45, 7) is 7.73. The minimum Gasteiger partial charge on any atom is -0.364 e. The molecule has 0 bridgehead atoms. The zero-order chi connectivity index (χ0) is 19.1. The second-order valence-electron chi connectivity index (χ2n) is 6.44. The number of hydrogen-bond acceptors (Lipinski definition) is 4. The number of piperazine rings is 1. The molecule has 2 heterocycles. The van der Waals surface area contributed by atoms with Crippen molar-refractivity contribution >= 4 is 17.6 Å². The van der Waals surface area contributed by atoms with Gasteiger partial charge in [-0.2, -0.15) is 0 Å². The Morgan fingerprint density at radius 2 is 2.11 bits per heavy atom. The molecule has 0 unspecified atom stereocenters. The predicted octanol–water partition coefficient (Wildman–Crippen LogP) is 2.79. The first-order valence-corrected chi connectivity index (χ1v) is 9.63. The van der Waals surface area contributed by atoms with Gasteiger partial charge in [-0.1, -0.05) is 22.8 Å². The van der Waals surface area contributed by atoms with E-state index in [1.54, 1.807) is 18.4 Å².